The Morgan fingerprint density at radius 1 is 1.39 bits per heavy atom. The molecular weight excluding hydrogens is 290 g/mol. The van der Waals surface area contributed by atoms with E-state index in [2.05, 4.69) is 34.5 Å². The van der Waals surface area contributed by atoms with Crippen molar-refractivity contribution in [3.8, 4) is 0 Å². The first-order valence-corrected chi connectivity index (χ1v) is 8.20. The van der Waals surface area contributed by atoms with Gasteiger partial charge in [-0.1, -0.05) is 13.8 Å². The van der Waals surface area contributed by atoms with Crippen molar-refractivity contribution in [2.45, 2.75) is 47.0 Å². The molecule has 6 nitrogen and oxygen atoms in total. The molecule has 0 saturated carbocycles. The van der Waals surface area contributed by atoms with E-state index in [0.717, 1.165) is 36.3 Å². The molecule has 0 radical (unpaired) electrons. The Morgan fingerprint density at radius 3 is 2.74 bits per heavy atom. The number of amides is 1. The van der Waals surface area contributed by atoms with Crippen LogP contribution in [-0.2, 0) is 19.9 Å². The van der Waals surface area contributed by atoms with Gasteiger partial charge in [-0.15, -0.1) is 0 Å². The first-order chi connectivity index (χ1) is 10.9. The molecule has 6 heteroatoms. The third-order valence-electron chi connectivity index (χ3n) is 3.95. The molecular formula is C17H27N5O. The van der Waals surface area contributed by atoms with Crippen molar-refractivity contribution < 1.29 is 4.79 Å². The number of aromatic amines is 1. The summed E-state index contributed by atoms with van der Waals surface area (Å²) in [6.45, 7) is 8.97. The fourth-order valence-electron chi connectivity index (χ4n) is 2.76. The summed E-state index contributed by atoms with van der Waals surface area (Å²) < 4.78 is 1.66. The lowest BCUT2D eigenvalue weighted by molar-refractivity contribution is 0.0944. The second-order valence-corrected chi connectivity index (χ2v) is 6.51. The van der Waals surface area contributed by atoms with Gasteiger partial charge in [0.1, 0.15) is 5.69 Å². The van der Waals surface area contributed by atoms with E-state index in [1.807, 2.05) is 27.0 Å². The maximum atomic E-state index is 12.3. The predicted octanol–water partition coefficient (Wildman–Crippen LogP) is 2.32. The number of nitrogens with one attached hydrogen (secondary N) is 2. The summed E-state index contributed by atoms with van der Waals surface area (Å²) >= 11 is 0. The van der Waals surface area contributed by atoms with E-state index < -0.39 is 0 Å². The van der Waals surface area contributed by atoms with Crippen molar-refractivity contribution in [1.82, 2.24) is 25.3 Å². The maximum absolute atomic E-state index is 12.3. The lowest BCUT2D eigenvalue weighted by Crippen LogP contribution is -2.26. The molecule has 2 rings (SSSR count). The van der Waals surface area contributed by atoms with Gasteiger partial charge < -0.3 is 5.32 Å². The van der Waals surface area contributed by atoms with Crippen molar-refractivity contribution in [1.29, 1.82) is 0 Å². The Kier molecular flexibility index (Phi) is 5.58. The van der Waals surface area contributed by atoms with Crippen molar-refractivity contribution in [2.24, 2.45) is 13.0 Å². The van der Waals surface area contributed by atoms with Crippen LogP contribution in [-0.4, -0.2) is 32.4 Å². The van der Waals surface area contributed by atoms with Crippen LogP contribution in [0.15, 0.2) is 6.07 Å². The lowest BCUT2D eigenvalue weighted by Gasteiger charge is -2.05. The van der Waals surface area contributed by atoms with Gasteiger partial charge in [0.2, 0.25) is 0 Å². The summed E-state index contributed by atoms with van der Waals surface area (Å²) in [7, 11) is 1.82. The number of nitrogens with zero attached hydrogens (tertiary/aromatic N) is 3. The lowest BCUT2D eigenvalue weighted by atomic mass is 10.1. The normalized spacial score (nSPS) is 11.2. The van der Waals surface area contributed by atoms with Crippen molar-refractivity contribution in [2.75, 3.05) is 6.54 Å². The van der Waals surface area contributed by atoms with Crippen LogP contribution in [0.1, 0.15) is 53.4 Å². The minimum atomic E-state index is -0.0596. The number of hydrogen-bond acceptors (Lipinski definition) is 3. The molecule has 0 fully saturated rings. The number of aryl methyl sites for hydroxylation is 3. The van der Waals surface area contributed by atoms with Gasteiger partial charge in [0.25, 0.3) is 5.91 Å². The van der Waals surface area contributed by atoms with Crippen LogP contribution in [0.4, 0.5) is 0 Å². The van der Waals surface area contributed by atoms with Crippen molar-refractivity contribution in [3.63, 3.8) is 0 Å². The Morgan fingerprint density at radius 2 is 2.13 bits per heavy atom. The quantitative estimate of drug-likeness (QED) is 0.770. The number of hydrogen-bond donors (Lipinski definition) is 2. The van der Waals surface area contributed by atoms with E-state index >= 15 is 0 Å². The Balaban J connectivity index is 1.84. The van der Waals surface area contributed by atoms with Gasteiger partial charge >= 0.3 is 0 Å². The Bertz CT molecular complexity index is 649. The maximum Gasteiger partial charge on any atom is 0.269 e. The van der Waals surface area contributed by atoms with Gasteiger partial charge in [0.05, 0.1) is 11.4 Å². The molecule has 126 valence electrons. The molecule has 0 atom stereocenters. The highest BCUT2D eigenvalue weighted by atomic mass is 16.2. The summed E-state index contributed by atoms with van der Waals surface area (Å²) in [5.41, 5.74) is 4.99. The summed E-state index contributed by atoms with van der Waals surface area (Å²) in [5.74, 6) is 0.470. The van der Waals surface area contributed by atoms with Gasteiger partial charge in [-0.25, -0.2) is 0 Å². The molecule has 0 saturated heterocycles. The number of carbonyl (C=O) groups excluding carboxylic acids is 1. The molecule has 1 amide bonds. The minimum Gasteiger partial charge on any atom is -0.351 e. The van der Waals surface area contributed by atoms with Crippen LogP contribution in [0, 0.1) is 19.8 Å². The van der Waals surface area contributed by atoms with Crippen LogP contribution >= 0.6 is 0 Å². The van der Waals surface area contributed by atoms with E-state index in [1.54, 1.807) is 4.68 Å². The van der Waals surface area contributed by atoms with Crippen molar-refractivity contribution in [3.05, 3.63) is 34.4 Å². The molecule has 0 aromatic carbocycles. The Hall–Kier alpha value is -2.11. The second kappa shape index (κ2) is 7.44. The zero-order chi connectivity index (χ0) is 17.0. The van der Waals surface area contributed by atoms with E-state index in [-0.39, 0.29) is 5.91 Å². The van der Waals surface area contributed by atoms with Gasteiger partial charge in [0.15, 0.2) is 0 Å². The topological polar surface area (TPSA) is 75.6 Å². The monoisotopic (exact) mass is 317 g/mol. The van der Waals surface area contributed by atoms with Crippen LogP contribution in [0.5, 0.6) is 0 Å². The molecule has 2 aromatic rings. The smallest absolute Gasteiger partial charge is 0.269 e. The predicted molar refractivity (Wildman–Crippen MR) is 90.5 cm³/mol. The van der Waals surface area contributed by atoms with E-state index in [0.29, 0.717) is 18.2 Å². The standard InChI is InChI=1S/C17H27N5O/c1-11(2)9-14-10-16(22(5)21-14)17(23)18-8-6-7-15-12(3)19-20-13(15)4/h10-11H,6-9H2,1-5H3,(H,18,23)(H,19,20). The first kappa shape index (κ1) is 17.2. The number of aromatic nitrogens is 4. The SMILES string of the molecule is Cc1n[nH]c(C)c1CCCNC(=O)c1cc(CC(C)C)nn1C. The summed E-state index contributed by atoms with van der Waals surface area (Å²) in [6, 6.07) is 1.89. The highest BCUT2D eigenvalue weighted by molar-refractivity contribution is 5.92. The molecule has 0 aliphatic carbocycles. The molecule has 0 spiro atoms. The van der Waals surface area contributed by atoms with Crippen LogP contribution in [0.3, 0.4) is 0 Å². The molecule has 23 heavy (non-hydrogen) atoms. The molecule has 2 heterocycles. The van der Waals surface area contributed by atoms with E-state index in [9.17, 15) is 4.79 Å². The summed E-state index contributed by atoms with van der Waals surface area (Å²) in [5, 5.41) is 14.6. The van der Waals surface area contributed by atoms with Gasteiger partial charge in [-0.05, 0) is 50.7 Å². The molecule has 2 N–H and O–H groups in total. The van der Waals surface area contributed by atoms with Gasteiger partial charge in [-0.3, -0.25) is 14.6 Å². The molecule has 2 aromatic heterocycles. The van der Waals surface area contributed by atoms with E-state index in [4.69, 9.17) is 0 Å². The highest BCUT2D eigenvalue weighted by Crippen LogP contribution is 2.12. The summed E-state index contributed by atoms with van der Waals surface area (Å²) in [6.07, 6.45) is 2.70. The fraction of sp³-hybridized carbons (Fsp3) is 0.588. The van der Waals surface area contributed by atoms with Crippen LogP contribution in [0.25, 0.3) is 0 Å². The molecule has 0 unspecified atom stereocenters. The van der Waals surface area contributed by atoms with Crippen LogP contribution < -0.4 is 5.32 Å². The second-order valence-electron chi connectivity index (χ2n) is 6.51. The number of H-pyrrole nitrogens is 1. The van der Waals surface area contributed by atoms with Gasteiger partial charge in [-0.2, -0.15) is 10.2 Å². The first-order valence-electron chi connectivity index (χ1n) is 8.20. The van der Waals surface area contributed by atoms with Crippen molar-refractivity contribution >= 4 is 5.91 Å². The average Bonchev–Trinajstić information content (AvgIpc) is 2.98. The Labute approximate surface area is 137 Å². The zero-order valence-corrected chi connectivity index (χ0v) is 14.7. The van der Waals surface area contributed by atoms with E-state index in [1.165, 1.54) is 5.56 Å². The zero-order valence-electron chi connectivity index (χ0n) is 14.7. The molecule has 0 aliphatic heterocycles. The fourth-order valence-corrected chi connectivity index (χ4v) is 2.76. The largest absolute Gasteiger partial charge is 0.351 e. The third kappa shape index (κ3) is 4.43. The van der Waals surface area contributed by atoms with Gasteiger partial charge in [0, 0.05) is 19.3 Å². The minimum absolute atomic E-state index is 0.0596. The number of rotatable bonds is 7. The van der Waals surface area contributed by atoms with Crippen LogP contribution in [0.2, 0.25) is 0 Å². The molecule has 0 bridgehead atoms. The molecule has 0 aliphatic rings. The third-order valence-corrected chi connectivity index (χ3v) is 3.95. The number of carbonyl (C=O) groups is 1. The summed E-state index contributed by atoms with van der Waals surface area (Å²) in [4.78, 5) is 12.3. The highest BCUT2D eigenvalue weighted by Gasteiger charge is 2.13. The average molecular weight is 317 g/mol.